The van der Waals surface area contributed by atoms with Gasteiger partial charge in [0, 0.05) is 30.5 Å². The van der Waals surface area contributed by atoms with Gasteiger partial charge in [0.15, 0.2) is 0 Å². The van der Waals surface area contributed by atoms with Crippen LogP contribution in [0.1, 0.15) is 12.8 Å². The predicted octanol–water partition coefficient (Wildman–Crippen LogP) is 1.89. The lowest BCUT2D eigenvalue weighted by Crippen LogP contribution is -2.26. The zero-order valence-corrected chi connectivity index (χ0v) is 11.9. The number of nitrogens with zero attached hydrogens (tertiary/aromatic N) is 1. The second-order valence-electron chi connectivity index (χ2n) is 4.50. The summed E-state index contributed by atoms with van der Waals surface area (Å²) >= 11 is 0. The Morgan fingerprint density at radius 2 is 2.32 bits per heavy atom. The van der Waals surface area contributed by atoms with Crippen LogP contribution in [0.2, 0.25) is 0 Å². The fourth-order valence-corrected chi connectivity index (χ4v) is 2.81. The van der Waals surface area contributed by atoms with Crippen LogP contribution in [-0.4, -0.2) is 36.1 Å². The molecule has 0 spiro atoms. The van der Waals surface area contributed by atoms with E-state index in [0.29, 0.717) is 17.2 Å². The topological polar surface area (TPSA) is 67.8 Å². The Morgan fingerprint density at radius 1 is 1.53 bits per heavy atom. The van der Waals surface area contributed by atoms with Crippen LogP contribution in [0.5, 0.6) is 0 Å². The molecule has 1 saturated heterocycles. The number of hydrogen-bond acceptors (Lipinski definition) is 4. The molecule has 0 radical (unpaired) electrons. The quantitative estimate of drug-likeness (QED) is 0.920. The van der Waals surface area contributed by atoms with E-state index in [4.69, 9.17) is 4.74 Å². The highest BCUT2D eigenvalue weighted by Gasteiger charge is 2.23. The van der Waals surface area contributed by atoms with Crippen LogP contribution in [-0.2, 0) is 19.3 Å². The summed E-state index contributed by atoms with van der Waals surface area (Å²) in [5.74, 6) is -0.148. The average Bonchev–Trinajstić information content (AvgIpc) is 2.93. The summed E-state index contributed by atoms with van der Waals surface area (Å²) in [6, 6.07) is 6.97. The van der Waals surface area contributed by atoms with Gasteiger partial charge in [-0.25, -0.2) is 8.57 Å². The van der Waals surface area contributed by atoms with Gasteiger partial charge >= 0.3 is 0 Å². The summed E-state index contributed by atoms with van der Waals surface area (Å²) < 4.78 is 21.3. The van der Waals surface area contributed by atoms with Gasteiger partial charge in [0.25, 0.3) is 5.91 Å². The summed E-state index contributed by atoms with van der Waals surface area (Å²) in [5.41, 5.74) is 0.622. The van der Waals surface area contributed by atoms with E-state index >= 15 is 0 Å². The van der Waals surface area contributed by atoms with Gasteiger partial charge in [-0.2, -0.15) is 0 Å². The number of ether oxygens (including phenoxy) is 1. The van der Waals surface area contributed by atoms with E-state index in [9.17, 15) is 9.00 Å². The molecule has 19 heavy (non-hydrogen) atoms. The maximum Gasteiger partial charge on any atom is 0.253 e. The van der Waals surface area contributed by atoms with Crippen LogP contribution in [0.15, 0.2) is 33.5 Å². The number of hydrogen-bond donors (Lipinski definition) is 1. The second kappa shape index (κ2) is 5.71. The minimum atomic E-state index is -2.38. The first-order chi connectivity index (χ1) is 9.03. The van der Waals surface area contributed by atoms with Crippen molar-refractivity contribution in [1.82, 2.24) is 0 Å². The molecule has 5 nitrogen and oxygen atoms in total. The first kappa shape index (κ1) is 14.0. The van der Waals surface area contributed by atoms with Gasteiger partial charge in [-0.3, -0.25) is 4.79 Å². The number of carbonyl (C=O) groups excluding carboxylic acids is 1. The zero-order chi connectivity index (χ0) is 13.9. The molecule has 0 aromatic heterocycles. The van der Waals surface area contributed by atoms with Gasteiger partial charge in [0.2, 0.25) is 0 Å². The number of carbonyl (C=O) groups is 1. The van der Waals surface area contributed by atoms with Gasteiger partial charge < -0.3 is 10.1 Å². The summed E-state index contributed by atoms with van der Waals surface area (Å²) in [7, 11) is -0.855. The zero-order valence-electron chi connectivity index (χ0n) is 11.1. The molecule has 1 amide bonds. The van der Waals surface area contributed by atoms with Crippen molar-refractivity contribution in [2.45, 2.75) is 23.8 Å². The van der Waals surface area contributed by atoms with Gasteiger partial charge in [-0.05, 0) is 31.0 Å². The third-order valence-electron chi connectivity index (χ3n) is 3.11. The summed E-state index contributed by atoms with van der Waals surface area (Å²) in [5, 5.41) is 2.79. The summed E-state index contributed by atoms with van der Waals surface area (Å²) in [6.45, 7) is 0.635. The van der Waals surface area contributed by atoms with Crippen LogP contribution >= 0.6 is 0 Å². The van der Waals surface area contributed by atoms with Crippen molar-refractivity contribution in [3.05, 3.63) is 24.3 Å². The highest BCUT2D eigenvalue weighted by molar-refractivity contribution is 7.93. The highest BCUT2D eigenvalue weighted by Crippen LogP contribution is 2.19. The van der Waals surface area contributed by atoms with Gasteiger partial charge in [0.05, 0.1) is 9.73 Å². The first-order valence-electron chi connectivity index (χ1n) is 6.16. The van der Waals surface area contributed by atoms with Crippen molar-refractivity contribution in [3.8, 4) is 0 Å². The lowest BCUT2D eigenvalue weighted by atomic mass is 10.2. The van der Waals surface area contributed by atoms with Crippen molar-refractivity contribution >= 4 is 21.3 Å². The summed E-state index contributed by atoms with van der Waals surface area (Å²) in [6.07, 6.45) is 2.87. The Bertz CT molecular complexity index is 585. The van der Waals surface area contributed by atoms with Crippen molar-refractivity contribution in [3.63, 3.8) is 0 Å². The third-order valence-corrected chi connectivity index (χ3v) is 4.93. The Hall–Kier alpha value is -1.40. The monoisotopic (exact) mass is 282 g/mol. The maximum atomic E-state index is 12.1. The van der Waals surface area contributed by atoms with Crippen LogP contribution in [0, 0.1) is 0 Å². The highest BCUT2D eigenvalue weighted by atomic mass is 32.2. The van der Waals surface area contributed by atoms with E-state index in [1.165, 1.54) is 7.05 Å². The molecule has 0 saturated carbocycles. The normalized spacial score (nSPS) is 21.7. The summed E-state index contributed by atoms with van der Waals surface area (Å²) in [4.78, 5) is 12.5. The molecular weight excluding hydrogens is 264 g/mol. The Morgan fingerprint density at radius 3 is 2.95 bits per heavy atom. The van der Waals surface area contributed by atoms with Gasteiger partial charge in [0.1, 0.15) is 6.10 Å². The molecule has 104 valence electrons. The number of nitrogens with one attached hydrogen (secondary N) is 1. The molecule has 1 aromatic carbocycles. The van der Waals surface area contributed by atoms with E-state index < -0.39 is 9.73 Å². The maximum absolute atomic E-state index is 12.1. The largest absolute Gasteiger partial charge is 0.368 e. The van der Waals surface area contributed by atoms with E-state index in [2.05, 4.69) is 9.68 Å². The number of amides is 1. The van der Waals surface area contributed by atoms with Crippen LogP contribution in [0.25, 0.3) is 0 Å². The number of rotatable bonds is 3. The van der Waals surface area contributed by atoms with Crippen molar-refractivity contribution in [2.75, 3.05) is 25.2 Å². The predicted molar refractivity (Wildman–Crippen MR) is 74.7 cm³/mol. The molecule has 1 fully saturated rings. The second-order valence-corrected chi connectivity index (χ2v) is 6.95. The van der Waals surface area contributed by atoms with Crippen molar-refractivity contribution in [2.24, 2.45) is 4.36 Å². The fraction of sp³-hybridized carbons (Fsp3) is 0.462. The molecule has 0 bridgehead atoms. The molecule has 1 heterocycles. The molecule has 1 aliphatic heterocycles. The van der Waals surface area contributed by atoms with E-state index in [1.807, 2.05) is 0 Å². The lowest BCUT2D eigenvalue weighted by molar-refractivity contribution is -0.124. The molecule has 1 aromatic rings. The number of benzene rings is 1. The van der Waals surface area contributed by atoms with Crippen LogP contribution in [0.3, 0.4) is 0 Å². The average molecular weight is 282 g/mol. The Kier molecular flexibility index (Phi) is 4.21. The first-order valence-corrected chi connectivity index (χ1v) is 8.08. The molecule has 1 N–H and O–H groups in total. The van der Waals surface area contributed by atoms with Gasteiger partial charge in [-0.1, -0.05) is 6.07 Å². The van der Waals surface area contributed by atoms with E-state index in [0.717, 1.165) is 12.8 Å². The van der Waals surface area contributed by atoms with E-state index in [-0.39, 0.29) is 12.0 Å². The Labute approximate surface area is 113 Å². The number of anilines is 1. The van der Waals surface area contributed by atoms with Crippen molar-refractivity contribution < 1.29 is 13.7 Å². The minimum absolute atomic E-state index is 0.148. The Balaban J connectivity index is 2.15. The third kappa shape index (κ3) is 3.33. The smallest absolute Gasteiger partial charge is 0.253 e. The molecule has 6 heteroatoms. The van der Waals surface area contributed by atoms with Gasteiger partial charge in [-0.15, -0.1) is 0 Å². The van der Waals surface area contributed by atoms with Crippen LogP contribution < -0.4 is 5.32 Å². The van der Waals surface area contributed by atoms with Crippen molar-refractivity contribution in [1.29, 1.82) is 0 Å². The molecular formula is C13H18N2O3S. The van der Waals surface area contributed by atoms with E-state index in [1.54, 1.807) is 30.5 Å². The fourth-order valence-electron chi connectivity index (χ4n) is 1.92. The SMILES string of the molecule is CN=S(C)(=O)c1cccc(NC(=O)[C@H]2CCCO2)c1. The molecule has 2 atom stereocenters. The molecule has 2 rings (SSSR count). The van der Waals surface area contributed by atoms with Crippen LogP contribution in [0.4, 0.5) is 5.69 Å². The lowest BCUT2D eigenvalue weighted by Gasteiger charge is -2.11. The molecule has 1 unspecified atom stereocenters. The standard InChI is InChI=1S/C13H18N2O3S/c1-14-19(2,17)11-6-3-5-10(9-11)15-13(16)12-7-4-8-18-12/h3,5-6,9,12H,4,7-8H2,1-2H3,(H,15,16)/t12-,19?/m1/s1. The minimum Gasteiger partial charge on any atom is -0.368 e. The molecule has 1 aliphatic rings. The molecule has 0 aliphatic carbocycles.